The van der Waals surface area contributed by atoms with Crippen molar-refractivity contribution in [3.63, 3.8) is 0 Å². The molecule has 1 saturated carbocycles. The van der Waals surface area contributed by atoms with Crippen LogP contribution in [0.15, 0.2) is 4.99 Å². The number of nitrogens with zero attached hydrogens (tertiary/aromatic N) is 2. The quantitative estimate of drug-likeness (QED) is 0.577. The number of nitrogens with two attached hydrogens (primary N) is 1. The van der Waals surface area contributed by atoms with Crippen LogP contribution in [0, 0.1) is 5.41 Å². The molecule has 0 aromatic carbocycles. The highest BCUT2D eigenvalue weighted by molar-refractivity contribution is 5.78. The monoisotopic (exact) mass is 239 g/mol. The van der Waals surface area contributed by atoms with Gasteiger partial charge in [0.15, 0.2) is 5.96 Å². The second-order valence-corrected chi connectivity index (χ2v) is 5.59. The van der Waals surface area contributed by atoms with Gasteiger partial charge in [0, 0.05) is 18.5 Å². The van der Waals surface area contributed by atoms with Crippen LogP contribution in [0.1, 0.15) is 44.9 Å². The summed E-state index contributed by atoms with van der Waals surface area (Å²) in [6, 6.07) is 0. The Kier molecular flexibility index (Phi) is 4.26. The molecule has 0 aromatic heterocycles. The highest BCUT2D eigenvalue weighted by Crippen LogP contribution is 2.40. The van der Waals surface area contributed by atoms with E-state index in [0.29, 0.717) is 12.5 Å². The van der Waals surface area contributed by atoms with Crippen molar-refractivity contribution in [3.8, 4) is 0 Å². The molecule has 0 radical (unpaired) electrons. The standard InChI is InChI=1S/C13H25N3O/c14-12(16-8-3-1-2-4-9-16)15-10-13(11-17)6-5-7-13/h17H,1-11H2,(H2,14,15). The Labute approximate surface area is 104 Å². The second-order valence-electron chi connectivity index (χ2n) is 5.59. The van der Waals surface area contributed by atoms with E-state index in [4.69, 9.17) is 5.73 Å². The maximum atomic E-state index is 9.38. The first-order valence-corrected chi connectivity index (χ1v) is 6.92. The fourth-order valence-electron chi connectivity index (χ4n) is 2.69. The molecule has 1 aliphatic carbocycles. The summed E-state index contributed by atoms with van der Waals surface area (Å²) >= 11 is 0. The van der Waals surface area contributed by atoms with E-state index in [2.05, 4.69) is 9.89 Å². The molecule has 0 bridgehead atoms. The summed E-state index contributed by atoms with van der Waals surface area (Å²) in [5.41, 5.74) is 6.10. The van der Waals surface area contributed by atoms with Crippen molar-refractivity contribution in [2.75, 3.05) is 26.2 Å². The third-order valence-corrected chi connectivity index (χ3v) is 4.26. The maximum Gasteiger partial charge on any atom is 0.191 e. The molecule has 98 valence electrons. The molecular formula is C13H25N3O. The van der Waals surface area contributed by atoms with Crippen LogP contribution in [-0.2, 0) is 0 Å². The SMILES string of the molecule is NC(=NCC1(CO)CCC1)N1CCCCCC1. The molecule has 3 N–H and O–H groups in total. The zero-order chi connectivity index (χ0) is 12.1. The van der Waals surface area contributed by atoms with E-state index in [1.165, 1.54) is 32.1 Å². The summed E-state index contributed by atoms with van der Waals surface area (Å²) in [5, 5.41) is 9.38. The number of hydrogen-bond donors (Lipinski definition) is 2. The lowest BCUT2D eigenvalue weighted by Crippen LogP contribution is -2.41. The Morgan fingerprint density at radius 3 is 2.24 bits per heavy atom. The zero-order valence-corrected chi connectivity index (χ0v) is 10.7. The molecule has 2 aliphatic rings. The summed E-state index contributed by atoms with van der Waals surface area (Å²) in [6.07, 6.45) is 8.48. The van der Waals surface area contributed by atoms with Crippen molar-refractivity contribution in [2.45, 2.75) is 44.9 Å². The van der Waals surface area contributed by atoms with Gasteiger partial charge in [0.25, 0.3) is 0 Å². The molecule has 1 heterocycles. The predicted molar refractivity (Wildman–Crippen MR) is 69.9 cm³/mol. The van der Waals surface area contributed by atoms with E-state index < -0.39 is 0 Å². The summed E-state index contributed by atoms with van der Waals surface area (Å²) < 4.78 is 0. The molecule has 4 nitrogen and oxygen atoms in total. The smallest absolute Gasteiger partial charge is 0.191 e. The number of aliphatic hydroxyl groups is 1. The van der Waals surface area contributed by atoms with E-state index in [1.54, 1.807) is 0 Å². The van der Waals surface area contributed by atoms with E-state index in [9.17, 15) is 5.11 Å². The summed E-state index contributed by atoms with van der Waals surface area (Å²) in [4.78, 5) is 6.72. The molecule has 0 atom stereocenters. The van der Waals surface area contributed by atoms with Gasteiger partial charge in [-0.2, -0.15) is 0 Å². The molecule has 4 heteroatoms. The number of aliphatic hydroxyl groups excluding tert-OH is 1. The number of hydrogen-bond acceptors (Lipinski definition) is 2. The molecular weight excluding hydrogens is 214 g/mol. The van der Waals surface area contributed by atoms with Gasteiger partial charge in [0.1, 0.15) is 0 Å². The van der Waals surface area contributed by atoms with Gasteiger partial charge in [0.2, 0.25) is 0 Å². The molecule has 0 aromatic rings. The van der Waals surface area contributed by atoms with Crippen molar-refractivity contribution in [2.24, 2.45) is 16.1 Å². The van der Waals surface area contributed by atoms with E-state index in [-0.39, 0.29) is 12.0 Å². The van der Waals surface area contributed by atoms with Crippen LogP contribution in [0.3, 0.4) is 0 Å². The average molecular weight is 239 g/mol. The molecule has 1 saturated heterocycles. The van der Waals surface area contributed by atoms with E-state index in [1.807, 2.05) is 0 Å². The lowest BCUT2D eigenvalue weighted by atomic mass is 9.69. The van der Waals surface area contributed by atoms with Gasteiger partial charge in [-0.05, 0) is 25.7 Å². The lowest BCUT2D eigenvalue weighted by molar-refractivity contribution is 0.0537. The van der Waals surface area contributed by atoms with Crippen LogP contribution >= 0.6 is 0 Å². The molecule has 0 unspecified atom stereocenters. The van der Waals surface area contributed by atoms with Crippen molar-refractivity contribution in [3.05, 3.63) is 0 Å². The highest BCUT2D eigenvalue weighted by Gasteiger charge is 2.36. The number of rotatable bonds is 3. The Hall–Kier alpha value is -0.770. The topological polar surface area (TPSA) is 61.9 Å². The Balaban J connectivity index is 1.86. The van der Waals surface area contributed by atoms with Gasteiger partial charge >= 0.3 is 0 Å². The molecule has 1 aliphatic heterocycles. The minimum absolute atomic E-state index is 0.0521. The van der Waals surface area contributed by atoms with Crippen molar-refractivity contribution in [1.29, 1.82) is 0 Å². The van der Waals surface area contributed by atoms with Gasteiger partial charge in [-0.3, -0.25) is 4.99 Å². The van der Waals surface area contributed by atoms with Crippen LogP contribution in [0.2, 0.25) is 0 Å². The number of likely N-dealkylation sites (tertiary alicyclic amines) is 1. The van der Waals surface area contributed by atoms with Gasteiger partial charge in [-0.1, -0.05) is 19.3 Å². The molecule has 0 spiro atoms. The summed E-state index contributed by atoms with van der Waals surface area (Å²) in [5.74, 6) is 0.687. The Morgan fingerprint density at radius 1 is 1.12 bits per heavy atom. The first-order valence-electron chi connectivity index (χ1n) is 6.92. The van der Waals surface area contributed by atoms with E-state index in [0.717, 1.165) is 25.9 Å². The van der Waals surface area contributed by atoms with Crippen LogP contribution in [0.5, 0.6) is 0 Å². The minimum atomic E-state index is 0.0521. The van der Waals surface area contributed by atoms with Crippen molar-refractivity contribution >= 4 is 5.96 Å². The van der Waals surface area contributed by atoms with Gasteiger partial charge < -0.3 is 15.7 Å². The maximum absolute atomic E-state index is 9.38. The molecule has 2 fully saturated rings. The molecule has 0 amide bonds. The second kappa shape index (κ2) is 5.71. The fourth-order valence-corrected chi connectivity index (χ4v) is 2.69. The molecule has 2 rings (SSSR count). The Bertz CT molecular complexity index is 260. The number of aliphatic imine (C=N–C) groups is 1. The normalized spacial score (nSPS) is 25.2. The van der Waals surface area contributed by atoms with Crippen LogP contribution in [-0.4, -0.2) is 42.2 Å². The first kappa shape index (κ1) is 12.7. The zero-order valence-electron chi connectivity index (χ0n) is 10.7. The fraction of sp³-hybridized carbons (Fsp3) is 0.923. The summed E-state index contributed by atoms with van der Waals surface area (Å²) in [7, 11) is 0. The van der Waals surface area contributed by atoms with Gasteiger partial charge in [-0.25, -0.2) is 0 Å². The predicted octanol–water partition coefficient (Wildman–Crippen LogP) is 1.34. The van der Waals surface area contributed by atoms with E-state index >= 15 is 0 Å². The molecule has 17 heavy (non-hydrogen) atoms. The van der Waals surface area contributed by atoms with Crippen molar-refractivity contribution in [1.82, 2.24) is 4.90 Å². The van der Waals surface area contributed by atoms with Crippen LogP contribution in [0.4, 0.5) is 0 Å². The van der Waals surface area contributed by atoms with Crippen LogP contribution < -0.4 is 5.73 Å². The Morgan fingerprint density at radius 2 is 1.76 bits per heavy atom. The van der Waals surface area contributed by atoms with Crippen molar-refractivity contribution < 1.29 is 5.11 Å². The average Bonchev–Trinajstić information content (AvgIpc) is 2.56. The summed E-state index contributed by atoms with van der Waals surface area (Å²) in [6.45, 7) is 3.04. The third-order valence-electron chi connectivity index (χ3n) is 4.26. The largest absolute Gasteiger partial charge is 0.396 e. The lowest BCUT2D eigenvalue weighted by Gasteiger charge is -2.39. The third kappa shape index (κ3) is 3.12. The minimum Gasteiger partial charge on any atom is -0.396 e. The van der Waals surface area contributed by atoms with Crippen LogP contribution in [0.25, 0.3) is 0 Å². The van der Waals surface area contributed by atoms with Gasteiger partial charge in [-0.15, -0.1) is 0 Å². The number of guanidine groups is 1. The van der Waals surface area contributed by atoms with Gasteiger partial charge in [0.05, 0.1) is 13.2 Å². The highest BCUT2D eigenvalue weighted by atomic mass is 16.3. The first-order chi connectivity index (χ1) is 8.26.